The third-order valence-electron chi connectivity index (χ3n) is 2.49. The summed E-state index contributed by atoms with van der Waals surface area (Å²) in [6.07, 6.45) is 1.98. The van der Waals surface area contributed by atoms with Crippen LogP contribution in [0.15, 0.2) is 18.2 Å². The van der Waals surface area contributed by atoms with Crippen molar-refractivity contribution in [1.82, 2.24) is 4.90 Å². The summed E-state index contributed by atoms with van der Waals surface area (Å²) >= 11 is 0. The molecule has 0 N–H and O–H groups in total. The molecule has 0 aliphatic carbocycles. The molecule has 0 bridgehead atoms. The standard InChI is InChI=1S/C13H19NO2/c1-4-7-14(2)9-12-8-11(10-15)5-6-13(12)16-3/h5-6,8,10H,4,7,9H2,1-3H3. The van der Waals surface area contributed by atoms with Gasteiger partial charge in [0.2, 0.25) is 0 Å². The molecule has 0 heterocycles. The van der Waals surface area contributed by atoms with E-state index in [4.69, 9.17) is 4.74 Å². The van der Waals surface area contributed by atoms with Crippen LogP contribution in [0.2, 0.25) is 0 Å². The Kier molecular flexibility index (Phi) is 4.99. The van der Waals surface area contributed by atoms with Crippen LogP contribution in [0.1, 0.15) is 29.3 Å². The second-order valence-corrected chi connectivity index (χ2v) is 3.93. The van der Waals surface area contributed by atoms with Crippen LogP contribution in [0.4, 0.5) is 0 Å². The molecule has 0 saturated heterocycles. The fourth-order valence-corrected chi connectivity index (χ4v) is 1.75. The van der Waals surface area contributed by atoms with E-state index in [0.717, 1.165) is 37.1 Å². The van der Waals surface area contributed by atoms with Crippen molar-refractivity contribution in [2.45, 2.75) is 19.9 Å². The average molecular weight is 221 g/mol. The molecule has 3 nitrogen and oxygen atoms in total. The second kappa shape index (κ2) is 6.28. The lowest BCUT2D eigenvalue weighted by molar-refractivity contribution is 0.112. The molecular formula is C13H19NO2. The van der Waals surface area contributed by atoms with Crippen molar-refractivity contribution in [3.8, 4) is 5.75 Å². The van der Waals surface area contributed by atoms with Crippen molar-refractivity contribution >= 4 is 6.29 Å². The van der Waals surface area contributed by atoms with E-state index >= 15 is 0 Å². The van der Waals surface area contributed by atoms with E-state index in [1.54, 1.807) is 13.2 Å². The molecular weight excluding hydrogens is 202 g/mol. The number of benzene rings is 1. The molecule has 1 rings (SSSR count). The first-order chi connectivity index (χ1) is 7.71. The topological polar surface area (TPSA) is 29.5 Å². The smallest absolute Gasteiger partial charge is 0.150 e. The van der Waals surface area contributed by atoms with Gasteiger partial charge in [0.15, 0.2) is 0 Å². The number of hydrogen-bond donors (Lipinski definition) is 0. The maximum atomic E-state index is 10.7. The number of ether oxygens (including phenoxy) is 1. The van der Waals surface area contributed by atoms with Gasteiger partial charge in [-0.2, -0.15) is 0 Å². The van der Waals surface area contributed by atoms with Gasteiger partial charge in [-0.05, 0) is 38.2 Å². The quantitative estimate of drug-likeness (QED) is 0.691. The summed E-state index contributed by atoms with van der Waals surface area (Å²) in [5.74, 6) is 0.841. The number of hydrogen-bond acceptors (Lipinski definition) is 3. The van der Waals surface area contributed by atoms with E-state index in [9.17, 15) is 4.79 Å². The van der Waals surface area contributed by atoms with Gasteiger partial charge in [-0.25, -0.2) is 0 Å². The molecule has 16 heavy (non-hydrogen) atoms. The van der Waals surface area contributed by atoms with Gasteiger partial charge in [-0.15, -0.1) is 0 Å². The lowest BCUT2D eigenvalue weighted by Crippen LogP contribution is -2.19. The van der Waals surface area contributed by atoms with Gasteiger partial charge in [0, 0.05) is 17.7 Å². The molecule has 0 radical (unpaired) electrons. The molecule has 1 aromatic rings. The molecule has 0 saturated carbocycles. The Hall–Kier alpha value is -1.35. The van der Waals surface area contributed by atoms with E-state index in [1.165, 1.54) is 0 Å². The van der Waals surface area contributed by atoms with Crippen LogP contribution < -0.4 is 4.74 Å². The Morgan fingerprint density at radius 3 is 2.75 bits per heavy atom. The van der Waals surface area contributed by atoms with Crippen LogP contribution in [0.5, 0.6) is 5.75 Å². The van der Waals surface area contributed by atoms with Gasteiger partial charge in [-0.3, -0.25) is 4.79 Å². The first-order valence-corrected chi connectivity index (χ1v) is 5.52. The fourth-order valence-electron chi connectivity index (χ4n) is 1.75. The minimum Gasteiger partial charge on any atom is -0.496 e. The zero-order chi connectivity index (χ0) is 12.0. The summed E-state index contributed by atoms with van der Waals surface area (Å²) in [7, 11) is 3.72. The van der Waals surface area contributed by atoms with Gasteiger partial charge in [0.25, 0.3) is 0 Å². The third-order valence-corrected chi connectivity index (χ3v) is 2.49. The molecule has 0 aliphatic heterocycles. The predicted octanol–water partition coefficient (Wildman–Crippen LogP) is 2.35. The van der Waals surface area contributed by atoms with Crippen LogP contribution in [0.3, 0.4) is 0 Å². The molecule has 1 aromatic carbocycles. The zero-order valence-corrected chi connectivity index (χ0v) is 10.2. The maximum Gasteiger partial charge on any atom is 0.150 e. The highest BCUT2D eigenvalue weighted by Gasteiger charge is 2.06. The van der Waals surface area contributed by atoms with Crippen LogP contribution in [-0.4, -0.2) is 31.9 Å². The van der Waals surface area contributed by atoms with Crippen molar-refractivity contribution in [3.05, 3.63) is 29.3 Å². The fraction of sp³-hybridized carbons (Fsp3) is 0.462. The minimum atomic E-state index is 0.695. The Balaban J connectivity index is 2.86. The Morgan fingerprint density at radius 1 is 1.44 bits per heavy atom. The van der Waals surface area contributed by atoms with Gasteiger partial charge < -0.3 is 9.64 Å². The number of carbonyl (C=O) groups is 1. The van der Waals surface area contributed by atoms with Gasteiger partial charge in [0.1, 0.15) is 12.0 Å². The molecule has 0 fully saturated rings. The number of aldehydes is 1. The molecule has 0 atom stereocenters. The average Bonchev–Trinajstić information content (AvgIpc) is 2.29. The summed E-state index contributed by atoms with van der Waals surface area (Å²) < 4.78 is 5.28. The first-order valence-electron chi connectivity index (χ1n) is 5.52. The van der Waals surface area contributed by atoms with Gasteiger partial charge >= 0.3 is 0 Å². The molecule has 88 valence electrons. The molecule has 3 heteroatoms. The van der Waals surface area contributed by atoms with Crippen molar-refractivity contribution < 1.29 is 9.53 Å². The monoisotopic (exact) mass is 221 g/mol. The van der Waals surface area contributed by atoms with Gasteiger partial charge in [0.05, 0.1) is 7.11 Å². The van der Waals surface area contributed by atoms with Crippen LogP contribution in [0, 0.1) is 0 Å². The van der Waals surface area contributed by atoms with Crippen molar-refractivity contribution in [2.24, 2.45) is 0 Å². The number of nitrogens with zero attached hydrogens (tertiary/aromatic N) is 1. The Labute approximate surface area is 97.0 Å². The zero-order valence-electron chi connectivity index (χ0n) is 10.2. The Morgan fingerprint density at radius 2 is 2.19 bits per heavy atom. The summed E-state index contributed by atoms with van der Waals surface area (Å²) in [5, 5.41) is 0. The molecule has 0 unspecified atom stereocenters. The van der Waals surface area contributed by atoms with E-state index in [-0.39, 0.29) is 0 Å². The van der Waals surface area contributed by atoms with Crippen molar-refractivity contribution in [2.75, 3.05) is 20.7 Å². The predicted molar refractivity (Wildman–Crippen MR) is 65.0 cm³/mol. The largest absolute Gasteiger partial charge is 0.496 e. The third kappa shape index (κ3) is 3.35. The summed E-state index contributed by atoms with van der Waals surface area (Å²) in [4.78, 5) is 12.9. The minimum absolute atomic E-state index is 0.695. The van der Waals surface area contributed by atoms with E-state index < -0.39 is 0 Å². The summed E-state index contributed by atoms with van der Waals surface area (Å²) in [5.41, 5.74) is 1.75. The molecule has 0 spiro atoms. The molecule has 0 aromatic heterocycles. The highest BCUT2D eigenvalue weighted by Crippen LogP contribution is 2.20. The number of carbonyl (C=O) groups excluding carboxylic acids is 1. The van der Waals surface area contributed by atoms with Crippen LogP contribution >= 0.6 is 0 Å². The number of methoxy groups -OCH3 is 1. The highest BCUT2D eigenvalue weighted by atomic mass is 16.5. The van der Waals surface area contributed by atoms with E-state index in [1.807, 2.05) is 12.1 Å². The second-order valence-electron chi connectivity index (χ2n) is 3.93. The van der Waals surface area contributed by atoms with E-state index in [2.05, 4.69) is 18.9 Å². The summed E-state index contributed by atoms with van der Waals surface area (Å²) in [6.45, 7) is 3.99. The van der Waals surface area contributed by atoms with Crippen LogP contribution in [-0.2, 0) is 6.54 Å². The highest BCUT2D eigenvalue weighted by molar-refractivity contribution is 5.75. The van der Waals surface area contributed by atoms with Crippen LogP contribution in [0.25, 0.3) is 0 Å². The van der Waals surface area contributed by atoms with Crippen molar-refractivity contribution in [3.63, 3.8) is 0 Å². The normalized spacial score (nSPS) is 10.5. The Bertz CT molecular complexity index is 350. The first kappa shape index (κ1) is 12.7. The lowest BCUT2D eigenvalue weighted by atomic mass is 10.1. The number of rotatable bonds is 6. The van der Waals surface area contributed by atoms with E-state index in [0.29, 0.717) is 5.56 Å². The SMILES string of the molecule is CCCN(C)Cc1cc(C=O)ccc1OC. The lowest BCUT2D eigenvalue weighted by Gasteiger charge is -2.17. The van der Waals surface area contributed by atoms with Crippen molar-refractivity contribution in [1.29, 1.82) is 0 Å². The molecule has 0 aliphatic rings. The summed E-state index contributed by atoms with van der Waals surface area (Å²) in [6, 6.07) is 5.51. The van der Waals surface area contributed by atoms with Gasteiger partial charge in [-0.1, -0.05) is 6.92 Å². The molecule has 0 amide bonds. The maximum absolute atomic E-state index is 10.7.